The van der Waals surface area contributed by atoms with Gasteiger partial charge in [0.25, 0.3) is 11.8 Å². The van der Waals surface area contributed by atoms with E-state index in [0.717, 1.165) is 27.5 Å². The topological polar surface area (TPSA) is 109 Å². The maximum absolute atomic E-state index is 13.7. The first-order valence-corrected chi connectivity index (χ1v) is 18.3. The molecule has 260 valence electrons. The van der Waals surface area contributed by atoms with Crippen LogP contribution >= 0.6 is 46.3 Å². The van der Waals surface area contributed by atoms with Crippen LogP contribution in [-0.4, -0.2) is 29.8 Å². The van der Waals surface area contributed by atoms with Gasteiger partial charge in [0.15, 0.2) is 5.13 Å². The molecule has 1 heterocycles. The van der Waals surface area contributed by atoms with Gasteiger partial charge in [-0.2, -0.15) is 0 Å². The first-order chi connectivity index (χ1) is 25.2. The highest BCUT2D eigenvalue weighted by atomic mass is 35.5. The molecule has 6 rings (SSSR count). The second kappa shape index (κ2) is 17.2. The van der Waals surface area contributed by atoms with Gasteiger partial charge in [-0.1, -0.05) is 89.9 Å². The Kier molecular flexibility index (Phi) is 12.1. The van der Waals surface area contributed by atoms with Gasteiger partial charge >= 0.3 is 0 Å². The first kappa shape index (κ1) is 36.4. The number of hydrogen-bond donors (Lipinski definition) is 3. The molecule has 52 heavy (non-hydrogen) atoms. The fourth-order valence-electron chi connectivity index (χ4n) is 4.99. The number of carbonyl (C=O) groups excluding carboxylic acids is 3. The fraction of sp³-hybridized carbons (Fsp3) is 0.0500. The van der Waals surface area contributed by atoms with Gasteiger partial charge in [0, 0.05) is 37.1 Å². The molecule has 6 aromatic rings. The molecule has 1 atom stereocenters. The number of thiazole rings is 1. The maximum Gasteiger partial charge on any atom is 0.272 e. The molecule has 0 radical (unpaired) electrons. The van der Waals surface area contributed by atoms with E-state index in [1.165, 1.54) is 29.2 Å². The highest BCUT2D eigenvalue weighted by Crippen LogP contribution is 2.37. The van der Waals surface area contributed by atoms with Crippen molar-refractivity contribution < 1.29 is 19.1 Å². The van der Waals surface area contributed by atoms with Gasteiger partial charge in [-0.25, -0.2) is 4.98 Å². The quantitative estimate of drug-likeness (QED) is 0.0846. The largest absolute Gasteiger partial charge is 0.497 e. The van der Waals surface area contributed by atoms with Crippen LogP contribution in [0.2, 0.25) is 10.0 Å². The second-order valence-corrected chi connectivity index (χ2v) is 14.1. The molecule has 5 aromatic carbocycles. The van der Waals surface area contributed by atoms with E-state index in [9.17, 15) is 14.4 Å². The Balaban J connectivity index is 1.18. The molecule has 0 aliphatic heterocycles. The molecular weight excluding hydrogens is 736 g/mol. The first-order valence-electron chi connectivity index (χ1n) is 15.8. The van der Waals surface area contributed by atoms with Crippen molar-refractivity contribution in [1.29, 1.82) is 0 Å². The van der Waals surface area contributed by atoms with Crippen LogP contribution in [0.5, 0.6) is 5.75 Å². The van der Waals surface area contributed by atoms with Gasteiger partial charge in [0.2, 0.25) is 5.91 Å². The van der Waals surface area contributed by atoms with Crippen molar-refractivity contribution in [3.05, 3.63) is 165 Å². The number of methoxy groups -OCH3 is 1. The SMILES string of the molecule is COc1cccc(-c2csc(NC(=O)C(Sc3ccc(NC(=O)/C(=C/c4ccc(Cl)cc4Cl)NC(=O)c4ccccc4)cc3)c3ccccc3)n2)c1. The number of thioether (sulfide) groups is 1. The van der Waals surface area contributed by atoms with Gasteiger partial charge in [-0.05, 0) is 77.9 Å². The summed E-state index contributed by atoms with van der Waals surface area (Å²) in [5.41, 5.74) is 3.77. The molecule has 0 aliphatic rings. The number of anilines is 2. The highest BCUT2D eigenvalue weighted by molar-refractivity contribution is 8.00. The minimum atomic E-state index is -0.599. The minimum Gasteiger partial charge on any atom is -0.497 e. The highest BCUT2D eigenvalue weighted by Gasteiger charge is 2.24. The van der Waals surface area contributed by atoms with E-state index in [2.05, 4.69) is 20.9 Å². The van der Waals surface area contributed by atoms with E-state index in [-0.39, 0.29) is 11.6 Å². The average molecular weight is 766 g/mol. The summed E-state index contributed by atoms with van der Waals surface area (Å²) < 4.78 is 5.34. The minimum absolute atomic E-state index is 0.0194. The van der Waals surface area contributed by atoms with E-state index in [0.29, 0.717) is 32.0 Å². The average Bonchev–Trinajstić information content (AvgIpc) is 3.64. The van der Waals surface area contributed by atoms with E-state index in [1.807, 2.05) is 72.1 Å². The number of benzene rings is 5. The van der Waals surface area contributed by atoms with Gasteiger partial charge in [-0.15, -0.1) is 23.1 Å². The molecule has 0 bridgehead atoms. The fourth-order valence-corrected chi connectivity index (χ4v) is 7.20. The predicted octanol–water partition coefficient (Wildman–Crippen LogP) is 10.0. The van der Waals surface area contributed by atoms with Gasteiger partial charge in [0.1, 0.15) is 16.7 Å². The summed E-state index contributed by atoms with van der Waals surface area (Å²) in [4.78, 5) is 45.8. The van der Waals surface area contributed by atoms with Crippen LogP contribution in [0.1, 0.15) is 26.7 Å². The number of nitrogens with zero attached hydrogens (tertiary/aromatic N) is 1. The molecule has 0 saturated carbocycles. The third-order valence-corrected chi connectivity index (χ3v) is 10.2. The van der Waals surface area contributed by atoms with Crippen LogP contribution in [0.25, 0.3) is 17.3 Å². The van der Waals surface area contributed by atoms with Crippen LogP contribution in [-0.2, 0) is 9.59 Å². The molecule has 3 N–H and O–H groups in total. The number of carbonyl (C=O) groups is 3. The molecule has 0 saturated heterocycles. The normalized spacial score (nSPS) is 11.7. The monoisotopic (exact) mass is 764 g/mol. The molecule has 0 fully saturated rings. The van der Waals surface area contributed by atoms with Gasteiger partial charge < -0.3 is 20.7 Å². The van der Waals surface area contributed by atoms with E-state index < -0.39 is 17.1 Å². The third kappa shape index (κ3) is 9.48. The summed E-state index contributed by atoms with van der Waals surface area (Å²) in [6, 6.07) is 37.6. The number of rotatable bonds is 12. The lowest BCUT2D eigenvalue weighted by Crippen LogP contribution is -2.30. The molecule has 3 amide bonds. The summed E-state index contributed by atoms with van der Waals surface area (Å²) >= 11 is 15.2. The summed E-state index contributed by atoms with van der Waals surface area (Å²) in [7, 11) is 1.61. The standard InChI is InChI=1S/C40H30Cl2N4O4S2/c1-50-31-14-8-13-28(21-31)35-24-51-40(45-35)46-39(49)36(25-9-4-2-5-10-25)52-32-19-17-30(18-20-32)43-38(48)34(22-27-15-16-29(41)23-33(27)42)44-37(47)26-11-6-3-7-12-26/h2-24,36H,1H3,(H,43,48)(H,44,47)(H,45,46,49)/b34-22-. The Hall–Kier alpha value is -5.39. The molecule has 0 spiro atoms. The molecular formula is C40H30Cl2N4O4S2. The van der Waals surface area contributed by atoms with E-state index >= 15 is 0 Å². The molecule has 1 unspecified atom stereocenters. The lowest BCUT2D eigenvalue weighted by atomic mass is 10.1. The van der Waals surface area contributed by atoms with Crippen LogP contribution in [0.4, 0.5) is 10.8 Å². The molecule has 1 aromatic heterocycles. The van der Waals surface area contributed by atoms with Crippen LogP contribution in [0, 0.1) is 0 Å². The van der Waals surface area contributed by atoms with Crippen molar-refractivity contribution in [2.24, 2.45) is 0 Å². The Morgan fingerprint density at radius 3 is 2.27 bits per heavy atom. The summed E-state index contributed by atoms with van der Waals surface area (Å²) in [6.07, 6.45) is 1.49. The number of hydrogen-bond acceptors (Lipinski definition) is 7. The number of aromatic nitrogens is 1. The molecule has 8 nitrogen and oxygen atoms in total. The lowest BCUT2D eigenvalue weighted by Gasteiger charge is -2.17. The molecule has 12 heteroatoms. The number of nitrogens with one attached hydrogen (secondary N) is 3. The zero-order chi connectivity index (χ0) is 36.5. The van der Waals surface area contributed by atoms with Crippen molar-refractivity contribution in [1.82, 2.24) is 10.3 Å². The Morgan fingerprint density at radius 1 is 0.827 bits per heavy atom. The van der Waals surface area contributed by atoms with Crippen molar-refractivity contribution in [2.75, 3.05) is 17.7 Å². The van der Waals surface area contributed by atoms with Crippen molar-refractivity contribution >= 4 is 80.9 Å². The smallest absolute Gasteiger partial charge is 0.272 e. The number of amides is 3. The zero-order valence-electron chi connectivity index (χ0n) is 27.5. The zero-order valence-corrected chi connectivity index (χ0v) is 30.7. The third-order valence-electron chi connectivity index (χ3n) is 7.60. The Morgan fingerprint density at radius 2 is 1.56 bits per heavy atom. The van der Waals surface area contributed by atoms with Crippen molar-refractivity contribution in [3.8, 4) is 17.0 Å². The molecule has 0 aliphatic carbocycles. The van der Waals surface area contributed by atoms with Crippen LogP contribution in [0.3, 0.4) is 0 Å². The predicted molar refractivity (Wildman–Crippen MR) is 211 cm³/mol. The van der Waals surface area contributed by atoms with Gasteiger partial charge in [0.05, 0.1) is 12.8 Å². The number of ether oxygens (including phenoxy) is 1. The number of halogens is 2. The summed E-state index contributed by atoms with van der Waals surface area (Å²) in [6.45, 7) is 0. The van der Waals surface area contributed by atoms with E-state index in [1.54, 1.807) is 67.8 Å². The van der Waals surface area contributed by atoms with E-state index in [4.69, 9.17) is 27.9 Å². The maximum atomic E-state index is 13.7. The summed E-state index contributed by atoms with van der Waals surface area (Å²) in [5.74, 6) is -0.533. The van der Waals surface area contributed by atoms with Crippen LogP contribution in [0.15, 0.2) is 143 Å². The Labute approximate surface area is 318 Å². The van der Waals surface area contributed by atoms with Gasteiger partial charge in [-0.3, -0.25) is 14.4 Å². The summed E-state index contributed by atoms with van der Waals surface area (Å²) in [5, 5.41) is 11.1. The van der Waals surface area contributed by atoms with Crippen molar-refractivity contribution in [2.45, 2.75) is 10.1 Å². The van der Waals surface area contributed by atoms with Crippen LogP contribution < -0.4 is 20.7 Å². The lowest BCUT2D eigenvalue weighted by molar-refractivity contribution is -0.116. The van der Waals surface area contributed by atoms with Crippen molar-refractivity contribution in [3.63, 3.8) is 0 Å². The Bertz CT molecular complexity index is 2230. The second-order valence-electron chi connectivity index (χ2n) is 11.2.